The van der Waals surface area contributed by atoms with Crippen molar-refractivity contribution < 1.29 is 66.8 Å². The van der Waals surface area contributed by atoms with E-state index in [0.29, 0.717) is 0 Å². The second-order valence-corrected chi connectivity index (χ2v) is 0.795. The number of rotatable bonds is 1. The summed E-state index contributed by atoms with van der Waals surface area (Å²) in [6.07, 6.45) is 0. The van der Waals surface area contributed by atoms with Crippen LogP contribution in [0, 0.1) is 0 Å². The van der Waals surface area contributed by atoms with Crippen LogP contribution in [0.5, 0.6) is 0 Å². The van der Waals surface area contributed by atoms with Gasteiger partial charge >= 0.3 is 57.4 Å². The Hall–Kier alpha value is 1.36. The summed E-state index contributed by atoms with van der Waals surface area (Å²) in [6.45, 7) is 0. The smallest absolute Gasteiger partial charge is 0.870 e. The molecule has 0 aliphatic rings. The molecule has 0 saturated heterocycles. The van der Waals surface area contributed by atoms with Crippen molar-refractivity contribution in [2.45, 2.75) is 0 Å². The zero-order valence-corrected chi connectivity index (χ0v) is 7.77. The molecule has 3 nitrogen and oxygen atoms in total. The van der Waals surface area contributed by atoms with Crippen molar-refractivity contribution in [2.24, 2.45) is 0 Å². The van der Waals surface area contributed by atoms with E-state index in [1.807, 2.05) is 0 Å². The molecular weight excluding hydrogens is 147 g/mol. The fourth-order valence-corrected chi connectivity index (χ4v) is 0. The molecule has 0 bridgehead atoms. The maximum absolute atomic E-state index is 9.24. The third-order valence-corrected chi connectivity index (χ3v) is 0.343. The Morgan fingerprint density at radius 1 is 1.71 bits per heavy atom. The van der Waals surface area contributed by atoms with E-state index in [1.165, 1.54) is 0 Å². The molecule has 0 aliphatic heterocycles. The summed E-state index contributed by atoms with van der Waals surface area (Å²) < 4.78 is 0. The van der Waals surface area contributed by atoms with Gasteiger partial charge in [-0.2, -0.15) is 0 Å². The molecule has 0 aliphatic carbocycles. The molecule has 0 spiro atoms. The van der Waals surface area contributed by atoms with Gasteiger partial charge in [-0.15, -0.1) is 11.6 Å². The molecule has 0 heterocycles. The van der Waals surface area contributed by atoms with E-state index in [2.05, 4.69) is 0 Å². The first-order valence-corrected chi connectivity index (χ1v) is 1.58. The number of alkyl halides is 1. The van der Waals surface area contributed by atoms with Crippen LogP contribution in [0.1, 0.15) is 0 Å². The summed E-state index contributed by atoms with van der Waals surface area (Å²) in [5.74, 6) is -1.29. The Morgan fingerprint density at radius 3 is 1.86 bits per heavy atom. The Balaban J connectivity index is -0.0000000800. The predicted octanol–water partition coefficient (Wildman–Crippen LogP) is -2.86. The molecule has 0 fully saturated rings. The van der Waals surface area contributed by atoms with Gasteiger partial charge in [0.1, 0.15) is 5.88 Å². The molecular formula is C2H4ClKO3. The zero-order chi connectivity index (χ0) is 4.28. The van der Waals surface area contributed by atoms with Crippen molar-refractivity contribution >= 4 is 17.6 Å². The van der Waals surface area contributed by atoms with Crippen molar-refractivity contribution in [3.63, 3.8) is 0 Å². The maximum Gasteiger partial charge on any atom is 1.00 e. The molecule has 0 saturated carbocycles. The maximum atomic E-state index is 9.24. The van der Waals surface area contributed by atoms with Crippen LogP contribution in [0.15, 0.2) is 0 Å². The van der Waals surface area contributed by atoms with Crippen molar-refractivity contribution in [2.75, 3.05) is 5.88 Å². The average molecular weight is 151 g/mol. The molecule has 7 heavy (non-hydrogen) atoms. The minimum absolute atomic E-state index is 0. The van der Waals surface area contributed by atoms with Crippen LogP contribution >= 0.6 is 11.6 Å². The molecule has 0 aromatic rings. The SMILES string of the molecule is O=C(O)CCl.[K+].[OH-]. The van der Waals surface area contributed by atoms with Crippen LogP contribution in [-0.2, 0) is 4.79 Å². The van der Waals surface area contributed by atoms with Crippen molar-refractivity contribution in [1.29, 1.82) is 0 Å². The van der Waals surface area contributed by atoms with E-state index in [9.17, 15) is 4.79 Å². The molecule has 0 aromatic carbocycles. The van der Waals surface area contributed by atoms with Gasteiger partial charge in [0.2, 0.25) is 0 Å². The molecule has 0 rings (SSSR count). The molecule has 0 atom stereocenters. The van der Waals surface area contributed by atoms with Gasteiger partial charge in [-0.3, -0.25) is 4.79 Å². The van der Waals surface area contributed by atoms with Crippen LogP contribution < -0.4 is 51.4 Å². The number of hydrogen-bond acceptors (Lipinski definition) is 2. The third-order valence-electron chi connectivity index (χ3n) is 0.114. The monoisotopic (exact) mass is 150 g/mol. The first kappa shape index (κ1) is 15.8. The van der Waals surface area contributed by atoms with E-state index in [0.717, 1.165) is 0 Å². The van der Waals surface area contributed by atoms with Gasteiger partial charge in [0, 0.05) is 0 Å². The quantitative estimate of drug-likeness (QED) is 0.323. The van der Waals surface area contributed by atoms with Gasteiger partial charge in [-0.1, -0.05) is 0 Å². The Bertz CT molecular complexity index is 48.2. The van der Waals surface area contributed by atoms with Gasteiger partial charge in [0.25, 0.3) is 0 Å². The van der Waals surface area contributed by atoms with Crippen molar-refractivity contribution in [3.05, 3.63) is 0 Å². The standard InChI is InChI=1S/C2H3ClO2.K.H2O/c3-1-2(4)5;;/h1H2,(H,4,5);;1H2/q;+1;/p-1. The van der Waals surface area contributed by atoms with Crippen molar-refractivity contribution in [3.8, 4) is 0 Å². The minimum atomic E-state index is -0.980. The van der Waals surface area contributed by atoms with Crippen LogP contribution in [0.4, 0.5) is 0 Å². The first-order valence-electron chi connectivity index (χ1n) is 1.05. The summed E-state index contributed by atoms with van der Waals surface area (Å²) in [7, 11) is 0. The summed E-state index contributed by atoms with van der Waals surface area (Å²) in [5.41, 5.74) is 0. The van der Waals surface area contributed by atoms with Crippen LogP contribution in [0.2, 0.25) is 0 Å². The van der Waals surface area contributed by atoms with E-state index in [1.54, 1.807) is 0 Å². The number of aliphatic carboxylic acids is 1. The summed E-state index contributed by atoms with van der Waals surface area (Å²) in [6, 6.07) is 0. The Morgan fingerprint density at radius 2 is 1.86 bits per heavy atom. The van der Waals surface area contributed by atoms with E-state index in [4.69, 9.17) is 16.7 Å². The zero-order valence-electron chi connectivity index (χ0n) is 3.89. The summed E-state index contributed by atoms with van der Waals surface area (Å²) >= 11 is 4.74. The Kier molecular flexibility index (Phi) is 23.3. The van der Waals surface area contributed by atoms with Gasteiger partial charge in [0.05, 0.1) is 0 Å². The minimum Gasteiger partial charge on any atom is -0.870 e. The van der Waals surface area contributed by atoms with Crippen LogP contribution in [0.25, 0.3) is 0 Å². The predicted molar refractivity (Wildman–Crippen MR) is 20.3 cm³/mol. The topological polar surface area (TPSA) is 67.3 Å². The fourth-order valence-electron chi connectivity index (χ4n) is 0. The van der Waals surface area contributed by atoms with E-state index in [-0.39, 0.29) is 62.7 Å². The summed E-state index contributed by atoms with van der Waals surface area (Å²) in [4.78, 5) is 9.24. The molecule has 0 amide bonds. The first-order chi connectivity index (χ1) is 2.27. The molecule has 38 valence electrons. The molecule has 5 heteroatoms. The Labute approximate surface area is 88.8 Å². The number of hydrogen-bond donors (Lipinski definition) is 1. The van der Waals surface area contributed by atoms with E-state index < -0.39 is 5.97 Å². The fraction of sp³-hybridized carbons (Fsp3) is 0.500. The molecule has 0 aromatic heterocycles. The summed E-state index contributed by atoms with van der Waals surface area (Å²) in [5, 5.41) is 7.59. The third kappa shape index (κ3) is 18.7. The molecule has 2 N–H and O–H groups in total. The number of carboxylic acids is 1. The molecule has 0 radical (unpaired) electrons. The van der Waals surface area contributed by atoms with E-state index >= 15 is 0 Å². The van der Waals surface area contributed by atoms with Gasteiger partial charge in [-0.25, -0.2) is 0 Å². The van der Waals surface area contributed by atoms with Crippen LogP contribution in [0.3, 0.4) is 0 Å². The van der Waals surface area contributed by atoms with Gasteiger partial charge in [-0.05, 0) is 0 Å². The van der Waals surface area contributed by atoms with Gasteiger partial charge in [0.15, 0.2) is 0 Å². The normalized spacial score (nSPS) is 5.29. The number of carbonyl (C=O) groups is 1. The van der Waals surface area contributed by atoms with Crippen molar-refractivity contribution in [1.82, 2.24) is 0 Å². The second kappa shape index (κ2) is 10.4. The largest absolute Gasteiger partial charge is 1.00 e. The average Bonchev–Trinajstić information content (AvgIpc) is 1.38. The second-order valence-electron chi connectivity index (χ2n) is 0.527. The molecule has 0 unspecified atom stereocenters. The number of carboxylic acid groups (broad SMARTS) is 1. The van der Waals surface area contributed by atoms with Crippen LogP contribution in [-0.4, -0.2) is 22.4 Å². The number of halogens is 1. The van der Waals surface area contributed by atoms with Gasteiger partial charge < -0.3 is 10.6 Å².